The van der Waals surface area contributed by atoms with Crippen LogP contribution < -0.4 is 0 Å². The molecule has 6 heteroatoms. The number of fused-ring (bicyclic) bond motifs is 8. The van der Waals surface area contributed by atoms with Crippen LogP contribution in [0.25, 0.3) is 123 Å². The Morgan fingerprint density at radius 2 is 0.838 bits per heavy atom. The van der Waals surface area contributed by atoms with Crippen molar-refractivity contribution >= 4 is 32.7 Å². The molecule has 0 radical (unpaired) electrons. The summed E-state index contributed by atoms with van der Waals surface area (Å²) in [5.41, 5.74) is 16.1. The summed E-state index contributed by atoms with van der Waals surface area (Å²) >= 11 is 0. The summed E-state index contributed by atoms with van der Waals surface area (Å²) < 4.78 is 6.60. The lowest BCUT2D eigenvalue weighted by molar-refractivity contribution is 0.660. The first kappa shape index (κ1) is 39.5. The van der Waals surface area contributed by atoms with Crippen LogP contribution in [-0.4, -0.2) is 24.9 Å². The van der Waals surface area contributed by atoms with Crippen LogP contribution in [0.15, 0.2) is 217 Å². The van der Waals surface area contributed by atoms with Gasteiger partial charge in [0.2, 0.25) is 0 Å². The monoisotopic (exact) mass is 871 g/mol. The Kier molecular flexibility index (Phi) is 9.08. The lowest BCUT2D eigenvalue weighted by Gasteiger charge is -2.21. The third-order valence-electron chi connectivity index (χ3n) is 13.5. The van der Waals surface area contributed by atoms with E-state index in [1.807, 2.05) is 48.5 Å². The highest BCUT2D eigenvalue weighted by molar-refractivity contribution is 6.15. The summed E-state index contributed by atoms with van der Waals surface area (Å²) in [6, 6.07) is 73.8. The Morgan fingerprint density at radius 3 is 1.57 bits per heavy atom. The van der Waals surface area contributed by atoms with Crippen molar-refractivity contribution in [2.24, 2.45) is 0 Å². The van der Waals surface area contributed by atoms with E-state index in [9.17, 15) is 0 Å². The van der Waals surface area contributed by atoms with E-state index in [2.05, 4.69) is 178 Å². The second-order valence-electron chi connectivity index (χ2n) is 18.1. The average Bonchev–Trinajstić information content (AvgIpc) is 3.90. The molecule has 9 aromatic carbocycles. The van der Waals surface area contributed by atoms with Crippen molar-refractivity contribution in [2.75, 3.05) is 0 Å². The molecular weight excluding hydrogens is 831 g/mol. The van der Waals surface area contributed by atoms with Crippen LogP contribution in [0.4, 0.5) is 0 Å². The third kappa shape index (κ3) is 6.68. The van der Waals surface area contributed by atoms with Gasteiger partial charge in [-0.3, -0.25) is 0 Å². The van der Waals surface area contributed by atoms with Gasteiger partial charge in [0, 0.05) is 55.0 Å². The molecule has 0 unspecified atom stereocenters. The number of furan rings is 1. The lowest BCUT2D eigenvalue weighted by Crippen LogP contribution is -2.14. The minimum absolute atomic E-state index is 0.0941. The molecule has 320 valence electrons. The number of hydrogen-bond acceptors (Lipinski definition) is 6. The molecule has 3 heterocycles. The minimum atomic E-state index is -0.0941. The van der Waals surface area contributed by atoms with E-state index < -0.39 is 0 Å². The maximum absolute atomic E-state index is 6.60. The summed E-state index contributed by atoms with van der Waals surface area (Å²) in [5.74, 6) is 2.52. The van der Waals surface area contributed by atoms with E-state index in [4.69, 9.17) is 29.3 Å². The number of nitrogens with zero attached hydrogens (tertiary/aromatic N) is 5. The molecule has 3 aromatic heterocycles. The molecule has 0 spiro atoms. The van der Waals surface area contributed by atoms with Gasteiger partial charge in [0.1, 0.15) is 11.2 Å². The molecule has 0 atom stereocenters. The Balaban J connectivity index is 0.895. The van der Waals surface area contributed by atoms with Gasteiger partial charge in [-0.2, -0.15) is 0 Å². The fraction of sp³-hybridized carbons (Fsp3) is 0.0484. The highest BCUT2D eigenvalue weighted by Gasteiger charge is 2.35. The molecule has 12 aromatic rings. The summed E-state index contributed by atoms with van der Waals surface area (Å²) in [7, 11) is 0. The molecule has 0 fully saturated rings. The molecule has 68 heavy (non-hydrogen) atoms. The van der Waals surface area contributed by atoms with Crippen molar-refractivity contribution < 1.29 is 4.42 Å². The van der Waals surface area contributed by atoms with Gasteiger partial charge in [0.25, 0.3) is 0 Å². The molecular formula is C62H41N5O. The highest BCUT2D eigenvalue weighted by Crippen LogP contribution is 2.49. The predicted molar refractivity (Wildman–Crippen MR) is 276 cm³/mol. The van der Waals surface area contributed by atoms with Crippen molar-refractivity contribution in [2.45, 2.75) is 19.3 Å². The summed E-state index contributed by atoms with van der Waals surface area (Å²) in [4.78, 5) is 25.7. The van der Waals surface area contributed by atoms with Crippen LogP contribution in [0.5, 0.6) is 0 Å². The smallest absolute Gasteiger partial charge is 0.164 e. The first-order valence-corrected chi connectivity index (χ1v) is 23.0. The van der Waals surface area contributed by atoms with Gasteiger partial charge in [-0.25, -0.2) is 24.9 Å². The Morgan fingerprint density at radius 1 is 0.324 bits per heavy atom. The maximum Gasteiger partial charge on any atom is 0.164 e. The molecule has 0 bridgehead atoms. The van der Waals surface area contributed by atoms with Crippen LogP contribution >= 0.6 is 0 Å². The highest BCUT2D eigenvalue weighted by atomic mass is 16.3. The molecule has 0 amide bonds. The van der Waals surface area contributed by atoms with E-state index in [0.717, 1.165) is 88.6 Å². The van der Waals surface area contributed by atoms with Crippen LogP contribution in [0.2, 0.25) is 0 Å². The van der Waals surface area contributed by atoms with Crippen molar-refractivity contribution in [1.82, 2.24) is 24.9 Å². The molecule has 6 nitrogen and oxygen atoms in total. The number of rotatable bonds is 7. The summed E-state index contributed by atoms with van der Waals surface area (Å²) in [6.45, 7) is 4.60. The fourth-order valence-electron chi connectivity index (χ4n) is 10.0. The van der Waals surface area contributed by atoms with Crippen LogP contribution in [0.1, 0.15) is 25.0 Å². The second-order valence-corrected chi connectivity index (χ2v) is 18.1. The van der Waals surface area contributed by atoms with E-state index in [0.29, 0.717) is 23.3 Å². The predicted octanol–water partition coefficient (Wildman–Crippen LogP) is 15.7. The van der Waals surface area contributed by atoms with Crippen LogP contribution in [0.3, 0.4) is 0 Å². The van der Waals surface area contributed by atoms with Gasteiger partial charge < -0.3 is 4.42 Å². The largest absolute Gasteiger partial charge is 0.455 e. The molecule has 13 rings (SSSR count). The fourth-order valence-corrected chi connectivity index (χ4v) is 10.0. The van der Waals surface area contributed by atoms with Gasteiger partial charge in [0.05, 0.1) is 11.4 Å². The van der Waals surface area contributed by atoms with E-state index in [1.54, 1.807) is 0 Å². The Labute approximate surface area is 393 Å². The second kappa shape index (κ2) is 15.6. The van der Waals surface area contributed by atoms with Crippen molar-refractivity contribution in [3.8, 4) is 90.3 Å². The molecule has 1 aliphatic carbocycles. The minimum Gasteiger partial charge on any atom is -0.455 e. The number of benzene rings is 9. The number of aromatic nitrogens is 5. The quantitative estimate of drug-likeness (QED) is 0.159. The van der Waals surface area contributed by atoms with Gasteiger partial charge >= 0.3 is 0 Å². The van der Waals surface area contributed by atoms with Gasteiger partial charge in [0.15, 0.2) is 23.3 Å². The zero-order chi connectivity index (χ0) is 45.3. The Bertz CT molecular complexity index is 3950. The SMILES string of the molecule is CC1(C)c2ccccc2-c2cc(-c3nc(-c4ccccc4)nc(-c4cccc(-c5cccc(-c6cc(-c7ccc8c(c7)oc7c9ccccc9ccc87)nc(-c7ccccc7)n6)c5)c4)n3)ccc21. The standard InChI is InChI=1S/C62H41N5O/c1-62(2)52-26-12-11-25-48(52)51-35-46(29-32-53(51)62)61-66-59(40-18-7-4-8-19-40)65-60(67-61)45-23-14-21-42(34-45)41-20-13-22-43(33-41)54-37-55(64-58(63-54)39-16-5-3-6-17-39)44-28-30-49-50-31-27-38-15-9-10-24-47(38)57(50)68-56(49)36-44/h3-37H,1-2H3. The van der Waals surface area contributed by atoms with E-state index >= 15 is 0 Å². The molecule has 0 aliphatic heterocycles. The summed E-state index contributed by atoms with van der Waals surface area (Å²) in [6.07, 6.45) is 0. The van der Waals surface area contributed by atoms with Gasteiger partial charge in [-0.05, 0) is 81.2 Å². The average molecular weight is 872 g/mol. The van der Waals surface area contributed by atoms with Crippen molar-refractivity contribution in [1.29, 1.82) is 0 Å². The van der Waals surface area contributed by atoms with Crippen LogP contribution in [-0.2, 0) is 5.41 Å². The third-order valence-corrected chi connectivity index (χ3v) is 13.5. The molecule has 0 saturated carbocycles. The zero-order valence-electron chi connectivity index (χ0n) is 37.4. The summed E-state index contributed by atoms with van der Waals surface area (Å²) in [5, 5.41) is 4.43. The topological polar surface area (TPSA) is 77.6 Å². The normalized spacial score (nSPS) is 12.7. The van der Waals surface area contributed by atoms with Gasteiger partial charge in [-0.15, -0.1) is 0 Å². The Hall–Kier alpha value is -8.87. The lowest BCUT2D eigenvalue weighted by atomic mass is 9.82. The van der Waals surface area contributed by atoms with Crippen molar-refractivity contribution in [3.05, 3.63) is 223 Å². The van der Waals surface area contributed by atoms with Crippen LogP contribution in [0, 0.1) is 0 Å². The molecule has 1 aliphatic rings. The maximum atomic E-state index is 6.60. The molecule has 0 saturated heterocycles. The first-order valence-electron chi connectivity index (χ1n) is 23.0. The van der Waals surface area contributed by atoms with E-state index in [1.165, 1.54) is 22.3 Å². The molecule has 0 N–H and O–H groups in total. The van der Waals surface area contributed by atoms with E-state index in [-0.39, 0.29) is 5.41 Å². The zero-order valence-corrected chi connectivity index (χ0v) is 37.4. The first-order chi connectivity index (χ1) is 33.4. The van der Waals surface area contributed by atoms with Crippen molar-refractivity contribution in [3.63, 3.8) is 0 Å². The number of hydrogen-bond donors (Lipinski definition) is 0. The van der Waals surface area contributed by atoms with Gasteiger partial charge in [-0.1, -0.05) is 184 Å².